The second-order valence-corrected chi connectivity index (χ2v) is 6.36. The number of hydrogen-bond acceptors (Lipinski definition) is 6. The standard InChI is InChI=1S/C20H18N6O3/c1-29-20(28)17(8-14-10-22-16-5-3-2-4-15(14)16)25-19(27)13-6-7-18(23-9-13)26-12-21-11-24-26/h2-7,9-12,17,22H,8H2,1H3,(H,25,27). The third-order valence-corrected chi connectivity index (χ3v) is 4.55. The van der Waals surface area contributed by atoms with Crippen LogP contribution >= 0.6 is 0 Å². The number of amides is 1. The molecule has 2 N–H and O–H groups in total. The van der Waals surface area contributed by atoms with Crippen molar-refractivity contribution in [3.05, 3.63) is 72.6 Å². The number of aromatic amines is 1. The summed E-state index contributed by atoms with van der Waals surface area (Å²) in [6.45, 7) is 0. The lowest BCUT2D eigenvalue weighted by atomic mass is 10.0. The first-order chi connectivity index (χ1) is 14.2. The normalized spacial score (nSPS) is 11.9. The smallest absolute Gasteiger partial charge is 0.328 e. The van der Waals surface area contributed by atoms with Gasteiger partial charge in [-0.15, -0.1) is 0 Å². The fraction of sp³-hybridized carbons (Fsp3) is 0.150. The first-order valence-corrected chi connectivity index (χ1v) is 8.90. The number of para-hydroxylation sites is 1. The summed E-state index contributed by atoms with van der Waals surface area (Å²) in [5.41, 5.74) is 2.20. The Morgan fingerprint density at radius 2 is 2.10 bits per heavy atom. The number of hydrogen-bond donors (Lipinski definition) is 2. The zero-order valence-corrected chi connectivity index (χ0v) is 15.6. The van der Waals surface area contributed by atoms with Gasteiger partial charge in [-0.25, -0.2) is 19.4 Å². The molecule has 0 saturated carbocycles. The van der Waals surface area contributed by atoms with Crippen LogP contribution in [0.4, 0.5) is 0 Å². The Morgan fingerprint density at radius 3 is 2.83 bits per heavy atom. The van der Waals surface area contributed by atoms with Crippen molar-refractivity contribution in [2.45, 2.75) is 12.5 Å². The van der Waals surface area contributed by atoms with Gasteiger partial charge in [0.2, 0.25) is 0 Å². The molecule has 1 unspecified atom stereocenters. The molecule has 3 heterocycles. The molecule has 0 spiro atoms. The fourth-order valence-corrected chi connectivity index (χ4v) is 3.08. The number of benzene rings is 1. The van der Waals surface area contributed by atoms with Crippen molar-refractivity contribution in [2.24, 2.45) is 0 Å². The van der Waals surface area contributed by atoms with E-state index in [1.807, 2.05) is 30.5 Å². The molecule has 1 atom stereocenters. The zero-order chi connectivity index (χ0) is 20.2. The van der Waals surface area contributed by atoms with Crippen molar-refractivity contribution >= 4 is 22.8 Å². The minimum absolute atomic E-state index is 0.299. The summed E-state index contributed by atoms with van der Waals surface area (Å²) in [5, 5.41) is 7.72. The Hall–Kier alpha value is -4.01. The van der Waals surface area contributed by atoms with Crippen LogP contribution in [-0.4, -0.2) is 49.8 Å². The highest BCUT2D eigenvalue weighted by molar-refractivity contribution is 5.97. The van der Waals surface area contributed by atoms with Crippen molar-refractivity contribution < 1.29 is 14.3 Å². The molecule has 4 aromatic rings. The number of ether oxygens (including phenoxy) is 1. The molecule has 1 aromatic carbocycles. The first kappa shape index (κ1) is 18.4. The van der Waals surface area contributed by atoms with E-state index < -0.39 is 17.9 Å². The lowest BCUT2D eigenvalue weighted by Crippen LogP contribution is -2.43. The number of esters is 1. The van der Waals surface area contributed by atoms with Crippen LogP contribution in [0.2, 0.25) is 0 Å². The predicted octanol–water partition coefficient (Wildman–Crippen LogP) is 1.66. The number of carbonyl (C=O) groups excluding carboxylic acids is 2. The van der Waals surface area contributed by atoms with Crippen molar-refractivity contribution in [1.82, 2.24) is 30.0 Å². The van der Waals surface area contributed by atoms with Gasteiger partial charge in [-0.2, -0.15) is 5.10 Å². The van der Waals surface area contributed by atoms with E-state index in [-0.39, 0.29) is 0 Å². The highest BCUT2D eigenvalue weighted by atomic mass is 16.5. The predicted molar refractivity (Wildman–Crippen MR) is 104 cm³/mol. The second kappa shape index (κ2) is 7.93. The Kier molecular flexibility index (Phi) is 5.02. The summed E-state index contributed by atoms with van der Waals surface area (Å²) in [7, 11) is 1.30. The minimum Gasteiger partial charge on any atom is -0.467 e. The molecule has 0 aliphatic rings. The molecule has 29 heavy (non-hydrogen) atoms. The van der Waals surface area contributed by atoms with Crippen LogP contribution in [-0.2, 0) is 16.0 Å². The van der Waals surface area contributed by atoms with Gasteiger partial charge in [0.25, 0.3) is 5.91 Å². The molecular weight excluding hydrogens is 372 g/mol. The van der Waals surface area contributed by atoms with Crippen LogP contribution in [0.25, 0.3) is 16.7 Å². The van der Waals surface area contributed by atoms with Gasteiger partial charge in [0.1, 0.15) is 18.7 Å². The molecule has 0 aliphatic heterocycles. The number of aromatic nitrogens is 5. The number of fused-ring (bicyclic) bond motifs is 1. The van der Waals surface area contributed by atoms with Crippen LogP contribution in [0, 0.1) is 0 Å². The van der Waals surface area contributed by atoms with E-state index in [2.05, 4.69) is 25.4 Å². The summed E-state index contributed by atoms with van der Waals surface area (Å²) < 4.78 is 6.36. The largest absolute Gasteiger partial charge is 0.467 e. The Labute approximate surface area is 165 Å². The van der Waals surface area contributed by atoms with Crippen LogP contribution in [0.5, 0.6) is 0 Å². The summed E-state index contributed by atoms with van der Waals surface area (Å²) in [6, 6.07) is 10.2. The number of rotatable bonds is 6. The van der Waals surface area contributed by atoms with Gasteiger partial charge in [0.15, 0.2) is 5.82 Å². The molecule has 0 radical (unpaired) electrons. The molecule has 0 fully saturated rings. The second-order valence-electron chi connectivity index (χ2n) is 6.36. The van der Waals surface area contributed by atoms with Gasteiger partial charge in [-0.3, -0.25) is 4.79 Å². The maximum absolute atomic E-state index is 12.7. The molecule has 0 aliphatic carbocycles. The van der Waals surface area contributed by atoms with Crippen molar-refractivity contribution in [1.29, 1.82) is 0 Å². The highest BCUT2D eigenvalue weighted by Gasteiger charge is 2.24. The van der Waals surface area contributed by atoms with E-state index in [0.29, 0.717) is 17.8 Å². The highest BCUT2D eigenvalue weighted by Crippen LogP contribution is 2.19. The zero-order valence-electron chi connectivity index (χ0n) is 15.6. The molecule has 9 nitrogen and oxygen atoms in total. The van der Waals surface area contributed by atoms with E-state index in [1.165, 1.54) is 30.6 Å². The van der Waals surface area contributed by atoms with Gasteiger partial charge >= 0.3 is 5.97 Å². The molecule has 9 heteroatoms. The number of nitrogens with zero attached hydrogens (tertiary/aromatic N) is 4. The maximum Gasteiger partial charge on any atom is 0.328 e. The monoisotopic (exact) mass is 390 g/mol. The third-order valence-electron chi connectivity index (χ3n) is 4.55. The van der Waals surface area contributed by atoms with Gasteiger partial charge in [0.05, 0.1) is 12.7 Å². The summed E-state index contributed by atoms with van der Waals surface area (Å²) in [6.07, 6.45) is 6.46. The van der Waals surface area contributed by atoms with Gasteiger partial charge in [-0.1, -0.05) is 18.2 Å². The van der Waals surface area contributed by atoms with Crippen molar-refractivity contribution in [3.8, 4) is 5.82 Å². The molecule has 1 amide bonds. The van der Waals surface area contributed by atoms with E-state index in [4.69, 9.17) is 4.74 Å². The lowest BCUT2D eigenvalue weighted by molar-refractivity contribution is -0.142. The average Bonchev–Trinajstić information content (AvgIpc) is 3.43. The van der Waals surface area contributed by atoms with E-state index >= 15 is 0 Å². The van der Waals surface area contributed by atoms with E-state index in [1.54, 1.807) is 12.1 Å². The van der Waals surface area contributed by atoms with Crippen LogP contribution in [0.15, 0.2) is 61.4 Å². The summed E-state index contributed by atoms with van der Waals surface area (Å²) >= 11 is 0. The number of nitrogens with one attached hydrogen (secondary N) is 2. The third kappa shape index (κ3) is 3.84. The molecule has 0 saturated heterocycles. The quantitative estimate of drug-likeness (QED) is 0.484. The Morgan fingerprint density at radius 1 is 1.24 bits per heavy atom. The molecule has 146 valence electrons. The fourth-order valence-electron chi connectivity index (χ4n) is 3.08. The van der Waals surface area contributed by atoms with Gasteiger partial charge < -0.3 is 15.0 Å². The van der Waals surface area contributed by atoms with Crippen molar-refractivity contribution in [2.75, 3.05) is 7.11 Å². The lowest BCUT2D eigenvalue weighted by Gasteiger charge is -2.16. The Balaban J connectivity index is 1.52. The average molecular weight is 390 g/mol. The maximum atomic E-state index is 12.7. The number of methoxy groups -OCH3 is 1. The minimum atomic E-state index is -0.832. The molecule has 4 rings (SSSR count). The number of H-pyrrole nitrogens is 1. The van der Waals surface area contributed by atoms with E-state index in [9.17, 15) is 9.59 Å². The van der Waals surface area contributed by atoms with Gasteiger partial charge in [-0.05, 0) is 23.8 Å². The summed E-state index contributed by atoms with van der Waals surface area (Å²) in [5.74, 6) is -0.406. The van der Waals surface area contributed by atoms with Crippen LogP contribution in [0.3, 0.4) is 0 Å². The van der Waals surface area contributed by atoms with Gasteiger partial charge in [0, 0.05) is 29.7 Å². The molecular formula is C20H18N6O3. The molecule has 3 aromatic heterocycles. The first-order valence-electron chi connectivity index (χ1n) is 8.90. The SMILES string of the molecule is COC(=O)C(Cc1c[nH]c2ccccc12)NC(=O)c1ccc(-n2cncn2)nc1. The molecule has 0 bridgehead atoms. The van der Waals surface area contributed by atoms with Crippen LogP contribution in [0.1, 0.15) is 15.9 Å². The van der Waals surface area contributed by atoms with E-state index in [0.717, 1.165) is 16.5 Å². The topological polar surface area (TPSA) is 115 Å². The Bertz CT molecular complexity index is 1130. The van der Waals surface area contributed by atoms with Crippen LogP contribution < -0.4 is 5.32 Å². The summed E-state index contributed by atoms with van der Waals surface area (Å²) in [4.78, 5) is 36.2. The number of pyridine rings is 1. The number of carbonyl (C=O) groups is 2. The van der Waals surface area contributed by atoms with Crippen molar-refractivity contribution in [3.63, 3.8) is 0 Å².